The molecule has 1 aliphatic heterocycles. The highest BCUT2D eigenvalue weighted by atomic mass is 32.1. The van der Waals surface area contributed by atoms with E-state index in [9.17, 15) is 5.11 Å². The Kier molecular flexibility index (Phi) is 5.62. The maximum absolute atomic E-state index is 9.90. The largest absolute Gasteiger partial charge is 0.392 e. The number of β-amino-alcohol motifs (C(OH)–C–C–N with tert-alkyl or cyclic N) is 1. The van der Waals surface area contributed by atoms with Crippen molar-refractivity contribution in [1.29, 1.82) is 0 Å². The van der Waals surface area contributed by atoms with Gasteiger partial charge in [-0.3, -0.25) is 0 Å². The van der Waals surface area contributed by atoms with Crippen LogP contribution in [0, 0.1) is 11.3 Å². The predicted octanol–water partition coefficient (Wildman–Crippen LogP) is 2.43. The summed E-state index contributed by atoms with van der Waals surface area (Å²) >= 11 is 4.51. The first-order valence-corrected chi connectivity index (χ1v) is 7.21. The van der Waals surface area contributed by atoms with Crippen molar-refractivity contribution in [2.75, 3.05) is 25.4 Å². The van der Waals surface area contributed by atoms with Gasteiger partial charge in [0.25, 0.3) is 0 Å². The molecule has 0 aliphatic carbocycles. The molecule has 0 spiro atoms. The average Bonchev–Trinajstić information content (AvgIpc) is 2.31. The third-order valence-electron chi connectivity index (χ3n) is 4.40. The van der Waals surface area contributed by atoms with Crippen molar-refractivity contribution >= 4 is 12.6 Å². The molecule has 1 heterocycles. The van der Waals surface area contributed by atoms with E-state index >= 15 is 0 Å². The van der Waals surface area contributed by atoms with Crippen LogP contribution in [0.15, 0.2) is 0 Å². The summed E-state index contributed by atoms with van der Waals surface area (Å²) in [4.78, 5) is 2.42. The second-order valence-electron chi connectivity index (χ2n) is 5.43. The smallest absolute Gasteiger partial charge is 0.0693 e. The number of likely N-dealkylation sites (tertiary alicyclic amines) is 1. The van der Waals surface area contributed by atoms with Gasteiger partial charge in [-0.05, 0) is 42.9 Å². The molecule has 1 N–H and O–H groups in total. The topological polar surface area (TPSA) is 23.5 Å². The van der Waals surface area contributed by atoms with Crippen LogP contribution in [0.25, 0.3) is 0 Å². The van der Waals surface area contributed by atoms with Crippen LogP contribution in [0.2, 0.25) is 0 Å². The zero-order chi connectivity index (χ0) is 12.2. The summed E-state index contributed by atoms with van der Waals surface area (Å²) in [6.07, 6.45) is 3.33. The molecule has 1 rings (SSSR count). The molecule has 96 valence electrons. The predicted molar refractivity (Wildman–Crippen MR) is 73.1 cm³/mol. The molecule has 2 unspecified atom stereocenters. The van der Waals surface area contributed by atoms with E-state index in [1.165, 1.54) is 12.8 Å². The number of aliphatic hydroxyl groups is 1. The van der Waals surface area contributed by atoms with E-state index in [1.807, 2.05) is 0 Å². The van der Waals surface area contributed by atoms with Crippen LogP contribution >= 0.6 is 12.6 Å². The van der Waals surface area contributed by atoms with Crippen LogP contribution in [0.5, 0.6) is 0 Å². The van der Waals surface area contributed by atoms with E-state index in [0.29, 0.717) is 11.3 Å². The van der Waals surface area contributed by atoms with E-state index in [4.69, 9.17) is 0 Å². The molecule has 0 radical (unpaired) electrons. The van der Waals surface area contributed by atoms with Crippen molar-refractivity contribution < 1.29 is 5.11 Å². The van der Waals surface area contributed by atoms with Crippen molar-refractivity contribution in [3.63, 3.8) is 0 Å². The van der Waals surface area contributed by atoms with Gasteiger partial charge in [-0.2, -0.15) is 12.6 Å². The van der Waals surface area contributed by atoms with Gasteiger partial charge in [-0.25, -0.2) is 0 Å². The Morgan fingerprint density at radius 2 is 2.00 bits per heavy atom. The first-order chi connectivity index (χ1) is 7.56. The molecule has 1 aliphatic rings. The molecule has 1 fully saturated rings. The monoisotopic (exact) mass is 245 g/mol. The van der Waals surface area contributed by atoms with Crippen molar-refractivity contribution in [3.05, 3.63) is 0 Å². The Hall–Kier alpha value is 0.270. The minimum absolute atomic E-state index is 0.139. The molecule has 2 atom stereocenters. The molecule has 0 amide bonds. The molecule has 1 saturated heterocycles. The normalized spacial score (nSPS) is 28.3. The molecule has 3 heteroatoms. The number of rotatable bonds is 5. The molecule has 2 nitrogen and oxygen atoms in total. The van der Waals surface area contributed by atoms with Crippen LogP contribution in [0.1, 0.15) is 40.0 Å². The van der Waals surface area contributed by atoms with Crippen molar-refractivity contribution in [1.82, 2.24) is 4.90 Å². The molecule has 0 bridgehead atoms. The quantitative estimate of drug-likeness (QED) is 0.727. The summed E-state index contributed by atoms with van der Waals surface area (Å²) in [7, 11) is 0. The van der Waals surface area contributed by atoms with Crippen LogP contribution in [0.3, 0.4) is 0 Å². The van der Waals surface area contributed by atoms with Crippen molar-refractivity contribution in [2.24, 2.45) is 11.3 Å². The highest BCUT2D eigenvalue weighted by molar-refractivity contribution is 7.80. The van der Waals surface area contributed by atoms with Gasteiger partial charge in [-0.1, -0.05) is 20.8 Å². The zero-order valence-electron chi connectivity index (χ0n) is 10.9. The van der Waals surface area contributed by atoms with Gasteiger partial charge in [0.2, 0.25) is 0 Å². The highest BCUT2D eigenvalue weighted by Crippen LogP contribution is 2.30. The standard InChI is InChI=1S/C13H27NOS/c1-4-13(5-2,10-16)9-14-7-6-11(3)12(15)8-14/h11-12,15-16H,4-10H2,1-3H3. The second kappa shape index (κ2) is 6.27. The fourth-order valence-electron chi connectivity index (χ4n) is 2.48. The SMILES string of the molecule is CCC(CC)(CS)CN1CCC(C)C(O)C1. The van der Waals surface area contributed by atoms with Crippen LogP contribution in [0.4, 0.5) is 0 Å². The van der Waals surface area contributed by atoms with Crippen LogP contribution < -0.4 is 0 Å². The maximum atomic E-state index is 9.90. The number of nitrogens with zero attached hydrogens (tertiary/aromatic N) is 1. The first kappa shape index (κ1) is 14.3. The Labute approximate surface area is 106 Å². The zero-order valence-corrected chi connectivity index (χ0v) is 11.8. The van der Waals surface area contributed by atoms with E-state index in [-0.39, 0.29) is 6.10 Å². The molecule has 0 aromatic carbocycles. The minimum Gasteiger partial charge on any atom is -0.392 e. The maximum Gasteiger partial charge on any atom is 0.0693 e. The Morgan fingerprint density at radius 1 is 1.38 bits per heavy atom. The number of hydrogen-bond acceptors (Lipinski definition) is 3. The highest BCUT2D eigenvalue weighted by Gasteiger charge is 2.31. The summed E-state index contributed by atoms with van der Waals surface area (Å²) in [5.74, 6) is 1.41. The number of piperidine rings is 1. The molecular formula is C13H27NOS. The number of thiol groups is 1. The Bertz CT molecular complexity index is 198. The third kappa shape index (κ3) is 3.38. The van der Waals surface area contributed by atoms with Gasteiger partial charge in [0.05, 0.1) is 6.10 Å². The van der Waals surface area contributed by atoms with Crippen LogP contribution in [-0.2, 0) is 0 Å². The molecular weight excluding hydrogens is 218 g/mol. The van der Waals surface area contributed by atoms with Gasteiger partial charge < -0.3 is 10.0 Å². The third-order valence-corrected chi connectivity index (χ3v) is 5.07. The number of hydrogen-bond donors (Lipinski definition) is 2. The molecule has 0 aromatic heterocycles. The summed E-state index contributed by atoms with van der Waals surface area (Å²) in [5, 5.41) is 9.90. The van der Waals surface area contributed by atoms with Crippen LogP contribution in [-0.4, -0.2) is 41.5 Å². The Balaban J connectivity index is 2.53. The molecule has 0 aromatic rings. The van der Waals surface area contributed by atoms with E-state index in [0.717, 1.165) is 31.8 Å². The van der Waals surface area contributed by atoms with Gasteiger partial charge in [0, 0.05) is 13.1 Å². The van der Waals surface area contributed by atoms with Gasteiger partial charge >= 0.3 is 0 Å². The van der Waals surface area contributed by atoms with Gasteiger partial charge in [-0.15, -0.1) is 0 Å². The number of aliphatic hydroxyl groups excluding tert-OH is 1. The lowest BCUT2D eigenvalue weighted by Crippen LogP contribution is -2.47. The Morgan fingerprint density at radius 3 is 2.44 bits per heavy atom. The second-order valence-corrected chi connectivity index (χ2v) is 5.75. The summed E-state index contributed by atoms with van der Waals surface area (Å²) in [6.45, 7) is 9.72. The summed E-state index contributed by atoms with van der Waals surface area (Å²) in [5.41, 5.74) is 0.337. The fourth-order valence-corrected chi connectivity index (χ4v) is 3.03. The average molecular weight is 245 g/mol. The first-order valence-electron chi connectivity index (χ1n) is 6.58. The van der Waals surface area contributed by atoms with E-state index in [2.05, 4.69) is 38.3 Å². The van der Waals surface area contributed by atoms with Crippen molar-refractivity contribution in [2.45, 2.75) is 46.1 Å². The van der Waals surface area contributed by atoms with Gasteiger partial charge in [0.1, 0.15) is 0 Å². The molecule has 0 saturated carbocycles. The summed E-state index contributed by atoms with van der Waals surface area (Å²) in [6, 6.07) is 0. The summed E-state index contributed by atoms with van der Waals surface area (Å²) < 4.78 is 0. The van der Waals surface area contributed by atoms with E-state index in [1.54, 1.807) is 0 Å². The lowest BCUT2D eigenvalue weighted by Gasteiger charge is -2.41. The fraction of sp³-hybridized carbons (Fsp3) is 1.00. The van der Waals surface area contributed by atoms with E-state index < -0.39 is 0 Å². The lowest BCUT2D eigenvalue weighted by molar-refractivity contribution is 0.0116. The lowest BCUT2D eigenvalue weighted by atomic mass is 9.83. The minimum atomic E-state index is -0.139. The van der Waals surface area contributed by atoms with Gasteiger partial charge in [0.15, 0.2) is 0 Å². The molecule has 16 heavy (non-hydrogen) atoms. The van der Waals surface area contributed by atoms with Crippen molar-refractivity contribution in [3.8, 4) is 0 Å².